The Morgan fingerprint density at radius 1 is 1.24 bits per heavy atom. The van der Waals surface area contributed by atoms with Crippen molar-refractivity contribution < 1.29 is 14.3 Å². The maximum absolute atomic E-state index is 12.0. The van der Waals surface area contributed by atoms with Gasteiger partial charge in [-0.25, -0.2) is 15.2 Å². The number of carbonyl (C=O) groups is 2. The molecule has 2 aromatic rings. The lowest BCUT2D eigenvalue weighted by Crippen LogP contribution is -2.41. The molecule has 1 heterocycles. The summed E-state index contributed by atoms with van der Waals surface area (Å²) < 4.78 is 4.66. The van der Waals surface area contributed by atoms with E-state index in [4.69, 9.17) is 0 Å². The van der Waals surface area contributed by atoms with E-state index in [0.717, 1.165) is 10.6 Å². The molecule has 1 aromatic heterocycles. The predicted molar refractivity (Wildman–Crippen MR) is 79.9 cm³/mol. The highest BCUT2D eigenvalue weighted by atomic mass is 32.1. The van der Waals surface area contributed by atoms with E-state index in [1.54, 1.807) is 13.8 Å². The number of nitrogens with one attached hydrogen (secondary N) is 2. The average molecular weight is 305 g/mol. The SMILES string of the molecule is CCOC(=O)NNC(=O)c1sc(-c2ccccc2)nc1C. The van der Waals surface area contributed by atoms with Crippen molar-refractivity contribution in [3.8, 4) is 10.6 Å². The van der Waals surface area contributed by atoms with Gasteiger partial charge in [0.05, 0.1) is 12.3 Å². The molecule has 0 atom stereocenters. The quantitative estimate of drug-likeness (QED) is 0.854. The van der Waals surface area contributed by atoms with Crippen molar-refractivity contribution >= 4 is 23.3 Å². The van der Waals surface area contributed by atoms with E-state index in [1.165, 1.54) is 11.3 Å². The lowest BCUT2D eigenvalue weighted by molar-refractivity contribution is 0.0916. The summed E-state index contributed by atoms with van der Waals surface area (Å²) in [5.74, 6) is -0.416. The minimum absolute atomic E-state index is 0.236. The van der Waals surface area contributed by atoms with E-state index in [1.807, 2.05) is 30.3 Å². The molecule has 0 aliphatic rings. The van der Waals surface area contributed by atoms with Gasteiger partial charge in [0.1, 0.15) is 9.88 Å². The monoisotopic (exact) mass is 305 g/mol. The summed E-state index contributed by atoms with van der Waals surface area (Å²) in [6, 6.07) is 9.59. The Labute approximate surface area is 126 Å². The maximum atomic E-state index is 12.0. The van der Waals surface area contributed by atoms with Gasteiger partial charge in [0.15, 0.2) is 0 Å². The molecule has 0 saturated heterocycles. The van der Waals surface area contributed by atoms with Crippen LogP contribution in [0.4, 0.5) is 4.79 Å². The van der Waals surface area contributed by atoms with Crippen molar-refractivity contribution in [2.45, 2.75) is 13.8 Å². The van der Waals surface area contributed by atoms with Crippen LogP contribution in [0, 0.1) is 6.92 Å². The van der Waals surface area contributed by atoms with E-state index < -0.39 is 12.0 Å². The van der Waals surface area contributed by atoms with Crippen molar-refractivity contribution in [2.75, 3.05) is 6.61 Å². The smallest absolute Gasteiger partial charge is 0.426 e. The number of carbonyl (C=O) groups excluding carboxylic acids is 2. The molecule has 6 nitrogen and oxygen atoms in total. The first kappa shape index (κ1) is 15.0. The predicted octanol–water partition coefficient (Wildman–Crippen LogP) is 2.51. The van der Waals surface area contributed by atoms with E-state index >= 15 is 0 Å². The minimum atomic E-state index is -0.698. The van der Waals surface area contributed by atoms with Gasteiger partial charge in [-0.3, -0.25) is 10.2 Å². The second-order valence-corrected chi connectivity index (χ2v) is 5.10. The van der Waals surface area contributed by atoms with Crippen molar-refractivity contribution in [1.29, 1.82) is 0 Å². The van der Waals surface area contributed by atoms with Gasteiger partial charge in [-0.1, -0.05) is 30.3 Å². The molecule has 0 radical (unpaired) electrons. The number of aryl methyl sites for hydroxylation is 1. The van der Waals surface area contributed by atoms with E-state index in [0.29, 0.717) is 10.6 Å². The van der Waals surface area contributed by atoms with Crippen LogP contribution in [0.1, 0.15) is 22.3 Å². The highest BCUT2D eigenvalue weighted by Gasteiger charge is 2.16. The molecular formula is C14H15N3O3S. The van der Waals surface area contributed by atoms with Gasteiger partial charge < -0.3 is 4.74 Å². The van der Waals surface area contributed by atoms with Gasteiger partial charge in [0, 0.05) is 5.56 Å². The van der Waals surface area contributed by atoms with E-state index in [-0.39, 0.29) is 6.61 Å². The largest absolute Gasteiger partial charge is 0.449 e. The molecule has 2 rings (SSSR count). The fourth-order valence-electron chi connectivity index (χ4n) is 1.64. The van der Waals surface area contributed by atoms with E-state index in [9.17, 15) is 9.59 Å². The summed E-state index contributed by atoms with van der Waals surface area (Å²) in [7, 11) is 0. The third-order valence-electron chi connectivity index (χ3n) is 2.58. The minimum Gasteiger partial charge on any atom is -0.449 e. The number of ether oxygens (including phenoxy) is 1. The first-order valence-corrected chi connectivity index (χ1v) is 7.19. The van der Waals surface area contributed by atoms with Gasteiger partial charge in [-0.2, -0.15) is 0 Å². The molecule has 0 unspecified atom stereocenters. The van der Waals surface area contributed by atoms with Gasteiger partial charge in [0.25, 0.3) is 5.91 Å². The number of thiazole rings is 1. The number of benzene rings is 1. The molecule has 0 saturated carbocycles. The van der Waals surface area contributed by atoms with Crippen LogP contribution < -0.4 is 10.9 Å². The molecule has 0 bridgehead atoms. The fourth-order valence-corrected chi connectivity index (χ4v) is 2.61. The highest BCUT2D eigenvalue weighted by Crippen LogP contribution is 2.27. The summed E-state index contributed by atoms with van der Waals surface area (Å²) in [5, 5.41) is 0.759. The zero-order valence-electron chi connectivity index (χ0n) is 11.7. The highest BCUT2D eigenvalue weighted by molar-refractivity contribution is 7.17. The summed E-state index contributed by atoms with van der Waals surface area (Å²) in [6.07, 6.45) is -0.698. The van der Waals surface area contributed by atoms with Crippen molar-refractivity contribution in [2.24, 2.45) is 0 Å². The summed E-state index contributed by atoms with van der Waals surface area (Å²) >= 11 is 1.27. The van der Waals surface area contributed by atoms with Crippen LogP contribution >= 0.6 is 11.3 Å². The molecule has 0 spiro atoms. The standard InChI is InChI=1S/C14H15N3O3S/c1-3-20-14(19)17-16-12(18)11-9(2)15-13(21-11)10-7-5-4-6-8-10/h4-8H,3H2,1-2H3,(H,16,18)(H,17,19). The molecule has 7 heteroatoms. The van der Waals surface area contributed by atoms with Gasteiger partial charge >= 0.3 is 6.09 Å². The molecule has 0 aliphatic heterocycles. The fraction of sp³-hybridized carbons (Fsp3) is 0.214. The van der Waals surface area contributed by atoms with Crippen LogP contribution in [0.5, 0.6) is 0 Å². The van der Waals surface area contributed by atoms with Crippen LogP contribution in [0.15, 0.2) is 30.3 Å². The number of hydrazine groups is 1. The van der Waals surface area contributed by atoms with Crippen LogP contribution in [0.25, 0.3) is 10.6 Å². The third-order valence-corrected chi connectivity index (χ3v) is 3.78. The zero-order valence-corrected chi connectivity index (χ0v) is 12.5. The third kappa shape index (κ3) is 3.79. The average Bonchev–Trinajstić information content (AvgIpc) is 2.88. The number of nitrogens with zero attached hydrogens (tertiary/aromatic N) is 1. The van der Waals surface area contributed by atoms with Gasteiger partial charge in [0.2, 0.25) is 0 Å². The summed E-state index contributed by atoms with van der Waals surface area (Å²) in [5.41, 5.74) is 6.03. The van der Waals surface area contributed by atoms with Crippen molar-refractivity contribution in [3.05, 3.63) is 40.9 Å². The van der Waals surface area contributed by atoms with Gasteiger partial charge in [-0.15, -0.1) is 11.3 Å². The van der Waals surface area contributed by atoms with E-state index in [2.05, 4.69) is 20.6 Å². The zero-order chi connectivity index (χ0) is 15.2. The number of hydrogen-bond acceptors (Lipinski definition) is 5. The molecular weight excluding hydrogens is 290 g/mol. The first-order valence-electron chi connectivity index (χ1n) is 6.37. The van der Waals surface area contributed by atoms with Crippen molar-refractivity contribution in [1.82, 2.24) is 15.8 Å². The Kier molecular flexibility index (Phi) is 4.89. The Morgan fingerprint density at radius 3 is 2.62 bits per heavy atom. The lowest BCUT2D eigenvalue weighted by Gasteiger charge is -2.05. The second kappa shape index (κ2) is 6.85. The van der Waals surface area contributed by atoms with Crippen LogP contribution in [0.3, 0.4) is 0 Å². The first-order chi connectivity index (χ1) is 10.1. The topological polar surface area (TPSA) is 80.3 Å². The number of hydrogen-bond donors (Lipinski definition) is 2. The normalized spacial score (nSPS) is 10.0. The van der Waals surface area contributed by atoms with Crippen LogP contribution in [-0.2, 0) is 4.74 Å². The van der Waals surface area contributed by atoms with Crippen molar-refractivity contribution in [3.63, 3.8) is 0 Å². The molecule has 2 N–H and O–H groups in total. The molecule has 110 valence electrons. The van der Waals surface area contributed by atoms with Crippen LogP contribution in [-0.4, -0.2) is 23.6 Å². The maximum Gasteiger partial charge on any atom is 0.426 e. The second-order valence-electron chi connectivity index (χ2n) is 4.10. The Hall–Kier alpha value is -2.41. The number of amides is 2. The molecule has 0 fully saturated rings. The number of rotatable bonds is 3. The Bertz CT molecular complexity index is 640. The molecule has 0 aliphatic carbocycles. The molecule has 1 aromatic carbocycles. The summed E-state index contributed by atoms with van der Waals surface area (Å²) in [6.45, 7) is 3.67. The lowest BCUT2D eigenvalue weighted by atomic mass is 10.2. The number of aromatic nitrogens is 1. The Balaban J connectivity index is 2.09. The van der Waals surface area contributed by atoms with Crippen LogP contribution in [0.2, 0.25) is 0 Å². The van der Waals surface area contributed by atoms with Gasteiger partial charge in [-0.05, 0) is 13.8 Å². The molecule has 21 heavy (non-hydrogen) atoms. The molecule has 2 amide bonds. The summed E-state index contributed by atoms with van der Waals surface area (Å²) in [4.78, 5) is 28.0. The Morgan fingerprint density at radius 2 is 1.95 bits per heavy atom.